The van der Waals surface area contributed by atoms with Crippen molar-refractivity contribution in [3.63, 3.8) is 0 Å². The standard InChI is InChI=1S/C7H5FNO/c8-6-2-1-3-7(4-6)9-5-10/h1-4H,(H,9,10). The summed E-state index contributed by atoms with van der Waals surface area (Å²) in [5.74, 6) is -0.375. The van der Waals surface area contributed by atoms with Crippen LogP contribution in [0, 0.1) is 5.82 Å². The molecule has 1 aromatic rings. The van der Waals surface area contributed by atoms with Crippen molar-refractivity contribution in [3.05, 3.63) is 30.1 Å². The number of carbonyl (C=O) groups excluding carboxylic acids is 1. The third kappa shape index (κ3) is 1.55. The Labute approximate surface area is 57.7 Å². The molecule has 0 aromatic heterocycles. The van der Waals surface area contributed by atoms with Crippen LogP contribution in [0.5, 0.6) is 0 Å². The van der Waals surface area contributed by atoms with Gasteiger partial charge in [0.15, 0.2) is 0 Å². The van der Waals surface area contributed by atoms with Crippen LogP contribution < -0.4 is 5.32 Å². The third-order valence-electron chi connectivity index (χ3n) is 1.02. The summed E-state index contributed by atoms with van der Waals surface area (Å²) in [6, 6.07) is 5.60. The first-order chi connectivity index (χ1) is 4.83. The largest absolute Gasteiger partial charge is 0.318 e. The SMILES string of the molecule is O=[C]Nc1cccc(F)c1. The van der Waals surface area contributed by atoms with Crippen LogP contribution in [0.3, 0.4) is 0 Å². The number of nitrogens with one attached hydrogen (secondary N) is 1. The lowest BCUT2D eigenvalue weighted by Crippen LogP contribution is -1.92. The van der Waals surface area contributed by atoms with Crippen LogP contribution in [0.4, 0.5) is 10.1 Å². The molecule has 1 N–H and O–H groups in total. The van der Waals surface area contributed by atoms with E-state index in [9.17, 15) is 9.18 Å². The minimum absolute atomic E-state index is 0.375. The van der Waals surface area contributed by atoms with Gasteiger partial charge in [0.25, 0.3) is 0 Å². The van der Waals surface area contributed by atoms with E-state index in [4.69, 9.17) is 0 Å². The Kier molecular flexibility index (Phi) is 1.99. The van der Waals surface area contributed by atoms with Crippen LogP contribution in [-0.2, 0) is 4.79 Å². The second kappa shape index (κ2) is 2.96. The topological polar surface area (TPSA) is 29.1 Å². The number of hydrogen-bond donors (Lipinski definition) is 1. The minimum Gasteiger partial charge on any atom is -0.318 e. The average molecular weight is 138 g/mol. The Hall–Kier alpha value is -1.38. The Balaban J connectivity index is 2.84. The molecule has 3 heteroatoms. The predicted octanol–water partition coefficient (Wildman–Crippen LogP) is 1.30. The molecule has 1 radical (unpaired) electrons. The number of anilines is 1. The number of halogens is 1. The summed E-state index contributed by atoms with van der Waals surface area (Å²) in [5.41, 5.74) is 0.412. The molecular weight excluding hydrogens is 133 g/mol. The maximum absolute atomic E-state index is 12.3. The van der Waals surface area contributed by atoms with Crippen molar-refractivity contribution in [2.75, 3.05) is 5.32 Å². The first-order valence-electron chi connectivity index (χ1n) is 2.71. The molecule has 10 heavy (non-hydrogen) atoms. The number of hydrogen-bond acceptors (Lipinski definition) is 1. The Bertz CT molecular complexity index is 237. The second-order valence-electron chi connectivity index (χ2n) is 1.74. The summed E-state index contributed by atoms with van der Waals surface area (Å²) >= 11 is 0. The van der Waals surface area contributed by atoms with E-state index in [-0.39, 0.29) is 5.82 Å². The fraction of sp³-hybridized carbons (Fsp3) is 0. The normalized spacial score (nSPS) is 8.90. The van der Waals surface area contributed by atoms with Crippen molar-refractivity contribution in [2.45, 2.75) is 0 Å². The summed E-state index contributed by atoms with van der Waals surface area (Å²) in [6.07, 6.45) is 1.44. The molecule has 0 aliphatic carbocycles. The molecule has 0 fully saturated rings. The zero-order valence-electron chi connectivity index (χ0n) is 5.10. The summed E-state index contributed by atoms with van der Waals surface area (Å²) in [6.45, 7) is 0. The molecule has 0 aliphatic heterocycles. The van der Waals surface area contributed by atoms with Gasteiger partial charge in [0.05, 0.1) is 0 Å². The lowest BCUT2D eigenvalue weighted by atomic mass is 10.3. The molecular formula is C7H5FNO. The maximum atomic E-state index is 12.3. The van der Waals surface area contributed by atoms with Crippen molar-refractivity contribution in [1.82, 2.24) is 0 Å². The molecule has 0 aliphatic rings. The van der Waals surface area contributed by atoms with Crippen molar-refractivity contribution < 1.29 is 9.18 Å². The van der Waals surface area contributed by atoms with Gasteiger partial charge in [-0.05, 0) is 18.2 Å². The highest BCUT2D eigenvalue weighted by atomic mass is 19.1. The van der Waals surface area contributed by atoms with Crippen molar-refractivity contribution in [1.29, 1.82) is 0 Å². The van der Waals surface area contributed by atoms with Gasteiger partial charge >= 0.3 is 6.41 Å². The van der Waals surface area contributed by atoms with Crippen molar-refractivity contribution in [3.8, 4) is 0 Å². The number of amides is 1. The number of benzene rings is 1. The van der Waals surface area contributed by atoms with E-state index < -0.39 is 0 Å². The minimum atomic E-state index is -0.375. The van der Waals surface area contributed by atoms with E-state index >= 15 is 0 Å². The van der Waals surface area contributed by atoms with E-state index in [1.165, 1.54) is 24.6 Å². The van der Waals surface area contributed by atoms with E-state index in [2.05, 4.69) is 5.32 Å². The van der Waals surface area contributed by atoms with Crippen LogP contribution in [0.15, 0.2) is 24.3 Å². The molecule has 1 amide bonds. The van der Waals surface area contributed by atoms with Crippen LogP contribution in [0.1, 0.15) is 0 Å². The molecule has 1 rings (SSSR count). The smallest absolute Gasteiger partial charge is 0.314 e. The molecule has 2 nitrogen and oxygen atoms in total. The lowest BCUT2D eigenvalue weighted by molar-refractivity contribution is 0.561. The molecule has 0 unspecified atom stereocenters. The van der Waals surface area contributed by atoms with Gasteiger partial charge in [-0.15, -0.1) is 0 Å². The number of rotatable bonds is 2. The Morgan fingerprint density at radius 2 is 2.30 bits per heavy atom. The highest BCUT2D eigenvalue weighted by molar-refractivity contribution is 5.71. The van der Waals surface area contributed by atoms with E-state index in [0.29, 0.717) is 5.69 Å². The summed E-state index contributed by atoms with van der Waals surface area (Å²) in [7, 11) is 0. The van der Waals surface area contributed by atoms with E-state index in [0.717, 1.165) is 0 Å². The van der Waals surface area contributed by atoms with Crippen molar-refractivity contribution in [2.24, 2.45) is 0 Å². The fourth-order valence-corrected chi connectivity index (χ4v) is 0.625. The monoisotopic (exact) mass is 138 g/mol. The van der Waals surface area contributed by atoms with Gasteiger partial charge in [-0.2, -0.15) is 0 Å². The first-order valence-corrected chi connectivity index (χ1v) is 2.71. The maximum Gasteiger partial charge on any atom is 0.314 e. The molecule has 0 saturated heterocycles. The van der Waals surface area contributed by atoms with Crippen molar-refractivity contribution >= 4 is 12.1 Å². The molecule has 51 valence electrons. The zero-order chi connectivity index (χ0) is 7.40. The Morgan fingerprint density at radius 1 is 1.50 bits per heavy atom. The lowest BCUT2D eigenvalue weighted by Gasteiger charge is -1.94. The quantitative estimate of drug-likeness (QED) is 0.613. The van der Waals surface area contributed by atoms with E-state index in [1.54, 1.807) is 6.07 Å². The van der Waals surface area contributed by atoms with Gasteiger partial charge in [-0.3, -0.25) is 4.79 Å². The van der Waals surface area contributed by atoms with Crippen LogP contribution >= 0.6 is 0 Å². The first kappa shape index (κ1) is 6.74. The van der Waals surface area contributed by atoms with Gasteiger partial charge in [0.1, 0.15) is 5.82 Å². The van der Waals surface area contributed by atoms with Gasteiger partial charge in [0, 0.05) is 5.69 Å². The fourth-order valence-electron chi connectivity index (χ4n) is 0.625. The summed E-state index contributed by atoms with van der Waals surface area (Å²) < 4.78 is 12.3. The summed E-state index contributed by atoms with van der Waals surface area (Å²) in [5, 5.41) is 2.20. The molecule has 0 bridgehead atoms. The van der Waals surface area contributed by atoms with Crippen LogP contribution in [0.2, 0.25) is 0 Å². The van der Waals surface area contributed by atoms with Gasteiger partial charge in [-0.25, -0.2) is 4.39 Å². The molecule has 1 aromatic carbocycles. The van der Waals surface area contributed by atoms with Gasteiger partial charge in [0.2, 0.25) is 0 Å². The molecule has 0 heterocycles. The molecule has 0 saturated carbocycles. The highest BCUT2D eigenvalue weighted by Crippen LogP contribution is 2.06. The Morgan fingerprint density at radius 3 is 2.90 bits per heavy atom. The molecule has 0 spiro atoms. The van der Waals surface area contributed by atoms with Crippen LogP contribution in [0.25, 0.3) is 0 Å². The van der Waals surface area contributed by atoms with Gasteiger partial charge < -0.3 is 5.32 Å². The average Bonchev–Trinajstić information content (AvgIpc) is 1.88. The second-order valence-corrected chi connectivity index (χ2v) is 1.74. The predicted molar refractivity (Wildman–Crippen MR) is 35.7 cm³/mol. The summed E-state index contributed by atoms with van der Waals surface area (Å²) in [4.78, 5) is 9.73. The van der Waals surface area contributed by atoms with E-state index in [1.807, 2.05) is 0 Å². The third-order valence-corrected chi connectivity index (χ3v) is 1.02. The van der Waals surface area contributed by atoms with Gasteiger partial charge in [-0.1, -0.05) is 6.07 Å². The van der Waals surface area contributed by atoms with Crippen LogP contribution in [-0.4, -0.2) is 6.41 Å². The highest BCUT2D eigenvalue weighted by Gasteiger charge is 1.90. The zero-order valence-corrected chi connectivity index (χ0v) is 5.10. The molecule has 0 atom stereocenters.